The Kier molecular flexibility index (Phi) is 2.90. The van der Waals surface area contributed by atoms with Gasteiger partial charge >= 0.3 is 0 Å². The summed E-state index contributed by atoms with van der Waals surface area (Å²) in [4.78, 5) is 0. The molecule has 1 saturated heterocycles. The van der Waals surface area contributed by atoms with Gasteiger partial charge in [0, 0.05) is 12.7 Å². The molecule has 1 aliphatic heterocycles. The maximum Gasteiger partial charge on any atom is 0.184 e. The molecule has 2 heterocycles. The molecular weight excluding hydrogens is 198 g/mol. The lowest BCUT2D eigenvalue weighted by atomic mass is 10.2. The second-order valence-corrected chi connectivity index (χ2v) is 3.70. The zero-order valence-corrected chi connectivity index (χ0v) is 8.63. The van der Waals surface area contributed by atoms with Crippen molar-refractivity contribution in [2.24, 2.45) is 0 Å². The van der Waals surface area contributed by atoms with Gasteiger partial charge in [-0.2, -0.15) is 5.10 Å². The van der Waals surface area contributed by atoms with Crippen LogP contribution in [0.15, 0.2) is 6.07 Å². The second kappa shape index (κ2) is 4.18. The van der Waals surface area contributed by atoms with Crippen LogP contribution < -0.4 is 5.23 Å². The summed E-state index contributed by atoms with van der Waals surface area (Å²) in [6, 6.07) is 1.60. The normalized spacial score (nSPS) is 21.7. The molecule has 0 spiro atoms. The minimum atomic E-state index is -0.191. The van der Waals surface area contributed by atoms with E-state index < -0.39 is 0 Å². The summed E-state index contributed by atoms with van der Waals surface area (Å²) in [6.07, 6.45) is 2.78. The Hall–Kier alpha value is -1.11. The van der Waals surface area contributed by atoms with E-state index in [0.29, 0.717) is 6.61 Å². The Morgan fingerprint density at radius 3 is 2.93 bits per heavy atom. The molecule has 2 N–H and O–H groups in total. The Morgan fingerprint density at radius 1 is 1.53 bits per heavy atom. The molecule has 1 aromatic rings. The molecule has 1 aromatic heterocycles. The highest BCUT2D eigenvalue weighted by Crippen LogP contribution is 2.26. The smallest absolute Gasteiger partial charge is 0.184 e. The number of ether oxygens (including phenoxy) is 1. The zero-order valence-electron chi connectivity index (χ0n) is 8.63. The van der Waals surface area contributed by atoms with Crippen LogP contribution >= 0.6 is 0 Å². The van der Waals surface area contributed by atoms with Crippen molar-refractivity contribution < 1.29 is 15.2 Å². The summed E-state index contributed by atoms with van der Waals surface area (Å²) in [5.41, 5.74) is 0.729. The molecule has 6 nitrogen and oxygen atoms in total. The third-order valence-corrected chi connectivity index (χ3v) is 2.47. The van der Waals surface area contributed by atoms with Gasteiger partial charge in [-0.3, -0.25) is 10.4 Å². The number of anilines is 1. The third kappa shape index (κ3) is 2.11. The standard InChI is InChI=1S/C9H15N3O3/c1-7-6-8(12(13)14)11(10-7)9-4-2-3-5-15-9/h6,9,13-14H,2-5H2,1H3. The van der Waals surface area contributed by atoms with Gasteiger partial charge in [0.2, 0.25) is 0 Å². The van der Waals surface area contributed by atoms with Crippen molar-refractivity contribution in [1.82, 2.24) is 9.78 Å². The van der Waals surface area contributed by atoms with Crippen LogP contribution in [0.1, 0.15) is 31.2 Å². The van der Waals surface area contributed by atoms with E-state index >= 15 is 0 Å². The predicted molar refractivity (Wildman–Crippen MR) is 51.9 cm³/mol. The van der Waals surface area contributed by atoms with E-state index in [9.17, 15) is 0 Å². The van der Waals surface area contributed by atoms with E-state index in [4.69, 9.17) is 15.2 Å². The summed E-state index contributed by atoms with van der Waals surface area (Å²) >= 11 is 0. The van der Waals surface area contributed by atoms with E-state index in [-0.39, 0.29) is 17.3 Å². The van der Waals surface area contributed by atoms with Crippen molar-refractivity contribution in [3.05, 3.63) is 11.8 Å². The first-order valence-corrected chi connectivity index (χ1v) is 5.04. The van der Waals surface area contributed by atoms with Crippen LogP contribution in [0, 0.1) is 6.92 Å². The van der Waals surface area contributed by atoms with Crippen molar-refractivity contribution >= 4 is 5.82 Å². The lowest BCUT2D eigenvalue weighted by Crippen LogP contribution is -2.24. The number of hydrogen-bond donors (Lipinski definition) is 2. The Morgan fingerprint density at radius 2 is 2.33 bits per heavy atom. The molecule has 84 valence electrons. The first kappa shape index (κ1) is 10.4. The first-order chi connectivity index (χ1) is 7.18. The molecule has 0 bridgehead atoms. The monoisotopic (exact) mass is 213 g/mol. The molecule has 2 rings (SSSR count). The predicted octanol–water partition coefficient (Wildman–Crippen LogP) is 1.48. The van der Waals surface area contributed by atoms with E-state index in [0.717, 1.165) is 25.0 Å². The fourth-order valence-corrected chi connectivity index (χ4v) is 1.78. The van der Waals surface area contributed by atoms with Crippen molar-refractivity contribution in [2.75, 3.05) is 11.8 Å². The van der Waals surface area contributed by atoms with Crippen molar-refractivity contribution in [1.29, 1.82) is 0 Å². The van der Waals surface area contributed by atoms with Crippen LogP contribution in [0.5, 0.6) is 0 Å². The fourth-order valence-electron chi connectivity index (χ4n) is 1.78. The largest absolute Gasteiger partial charge is 0.356 e. The van der Waals surface area contributed by atoms with E-state index in [1.807, 2.05) is 0 Å². The molecule has 1 fully saturated rings. The van der Waals surface area contributed by atoms with Gasteiger partial charge in [-0.25, -0.2) is 4.68 Å². The van der Waals surface area contributed by atoms with Gasteiger partial charge in [0.05, 0.1) is 5.69 Å². The van der Waals surface area contributed by atoms with Gasteiger partial charge in [0.15, 0.2) is 12.0 Å². The minimum Gasteiger partial charge on any atom is -0.356 e. The van der Waals surface area contributed by atoms with Crippen LogP contribution in [-0.2, 0) is 4.74 Å². The first-order valence-electron chi connectivity index (χ1n) is 5.04. The fraction of sp³-hybridized carbons (Fsp3) is 0.667. The average Bonchev–Trinajstić information content (AvgIpc) is 2.62. The highest BCUT2D eigenvalue weighted by atomic mass is 16.8. The highest BCUT2D eigenvalue weighted by molar-refractivity contribution is 5.34. The van der Waals surface area contributed by atoms with Gasteiger partial charge in [-0.05, 0) is 26.2 Å². The lowest BCUT2D eigenvalue weighted by Gasteiger charge is -2.24. The average molecular weight is 213 g/mol. The van der Waals surface area contributed by atoms with Crippen molar-refractivity contribution in [2.45, 2.75) is 32.4 Å². The molecule has 0 saturated carbocycles. The van der Waals surface area contributed by atoms with E-state index in [1.54, 1.807) is 13.0 Å². The maximum absolute atomic E-state index is 9.02. The summed E-state index contributed by atoms with van der Waals surface area (Å²) in [5, 5.41) is 22.3. The Bertz CT molecular complexity index is 331. The number of hydrogen-bond acceptors (Lipinski definition) is 5. The van der Waals surface area contributed by atoms with Crippen molar-refractivity contribution in [3.63, 3.8) is 0 Å². The van der Waals surface area contributed by atoms with Crippen LogP contribution in [0.4, 0.5) is 5.82 Å². The van der Waals surface area contributed by atoms with Crippen LogP contribution in [0.25, 0.3) is 0 Å². The van der Waals surface area contributed by atoms with E-state index in [1.165, 1.54) is 4.68 Å². The van der Waals surface area contributed by atoms with E-state index in [2.05, 4.69) is 5.10 Å². The molecule has 1 aliphatic rings. The Balaban J connectivity index is 2.25. The molecule has 1 atom stereocenters. The molecule has 15 heavy (non-hydrogen) atoms. The molecule has 0 amide bonds. The Labute approximate surface area is 87.6 Å². The summed E-state index contributed by atoms with van der Waals surface area (Å²) in [7, 11) is 0. The number of aryl methyl sites for hydroxylation is 1. The van der Waals surface area contributed by atoms with Gasteiger partial charge in [-0.15, -0.1) is 5.23 Å². The van der Waals surface area contributed by atoms with Crippen LogP contribution in [0.3, 0.4) is 0 Å². The number of aromatic nitrogens is 2. The summed E-state index contributed by atoms with van der Waals surface area (Å²) in [6.45, 7) is 2.49. The SMILES string of the molecule is Cc1cc(N(O)O)n(C2CCCCO2)n1. The van der Waals surface area contributed by atoms with Gasteiger partial charge in [0.25, 0.3) is 0 Å². The third-order valence-electron chi connectivity index (χ3n) is 2.47. The van der Waals surface area contributed by atoms with Gasteiger partial charge in [0.1, 0.15) is 0 Å². The quantitative estimate of drug-likeness (QED) is 0.728. The molecular formula is C9H15N3O3. The highest BCUT2D eigenvalue weighted by Gasteiger charge is 2.21. The molecule has 1 unspecified atom stereocenters. The molecule has 6 heteroatoms. The second-order valence-electron chi connectivity index (χ2n) is 3.70. The molecule has 0 aliphatic carbocycles. The van der Waals surface area contributed by atoms with Gasteiger partial charge < -0.3 is 4.74 Å². The molecule has 0 aromatic carbocycles. The van der Waals surface area contributed by atoms with Crippen LogP contribution in [-0.4, -0.2) is 26.8 Å². The number of rotatable bonds is 2. The van der Waals surface area contributed by atoms with Crippen LogP contribution in [0.2, 0.25) is 0 Å². The summed E-state index contributed by atoms with van der Waals surface area (Å²) in [5.74, 6) is 0.236. The number of nitrogens with zero attached hydrogens (tertiary/aromatic N) is 3. The van der Waals surface area contributed by atoms with Crippen molar-refractivity contribution in [3.8, 4) is 0 Å². The topological polar surface area (TPSA) is 70.8 Å². The maximum atomic E-state index is 9.02. The minimum absolute atomic E-state index is 0.0813. The lowest BCUT2D eigenvalue weighted by molar-refractivity contribution is -0.0469. The van der Waals surface area contributed by atoms with Gasteiger partial charge in [-0.1, -0.05) is 0 Å². The summed E-state index contributed by atoms with van der Waals surface area (Å²) < 4.78 is 7.03. The molecule has 0 radical (unpaired) electrons. The zero-order chi connectivity index (χ0) is 10.8.